The first kappa shape index (κ1) is 15.3. The molecule has 1 aromatic rings. The Morgan fingerprint density at radius 3 is 2.63 bits per heavy atom. The first-order valence-corrected chi connectivity index (χ1v) is 9.01. The molecular weight excluding hydrogens is 417 g/mol. The molecule has 1 aromatic carbocycles. The highest BCUT2D eigenvalue weighted by molar-refractivity contribution is 14.1. The normalized spacial score (nSPS) is 23.1. The van der Waals surface area contributed by atoms with Gasteiger partial charge >= 0.3 is 0 Å². The van der Waals surface area contributed by atoms with Gasteiger partial charge in [-0.1, -0.05) is 40.9 Å². The molecule has 1 fully saturated rings. The molecule has 19 heavy (non-hydrogen) atoms. The maximum atomic E-state index is 12.2. The molecule has 1 amide bonds. The molecule has 4 heteroatoms. The fourth-order valence-corrected chi connectivity index (χ4v) is 4.21. The molecular formula is C15H19BrINO. The average molecular weight is 436 g/mol. The Labute approximate surface area is 137 Å². The van der Waals surface area contributed by atoms with Crippen molar-refractivity contribution in [3.63, 3.8) is 0 Å². The van der Waals surface area contributed by atoms with Crippen LogP contribution in [0.4, 0.5) is 0 Å². The van der Waals surface area contributed by atoms with E-state index in [1.807, 2.05) is 24.3 Å². The summed E-state index contributed by atoms with van der Waals surface area (Å²) in [7, 11) is 0. The van der Waals surface area contributed by atoms with Gasteiger partial charge in [-0.05, 0) is 59.4 Å². The molecule has 1 aliphatic rings. The van der Waals surface area contributed by atoms with E-state index < -0.39 is 0 Å². The third-order valence-corrected chi connectivity index (χ3v) is 5.68. The maximum absolute atomic E-state index is 12.2. The van der Waals surface area contributed by atoms with Crippen LogP contribution < -0.4 is 5.32 Å². The first-order valence-electron chi connectivity index (χ1n) is 6.81. The third kappa shape index (κ3) is 4.18. The Kier molecular flexibility index (Phi) is 6.13. The minimum absolute atomic E-state index is 0.0592. The zero-order valence-corrected chi connectivity index (χ0v) is 14.6. The van der Waals surface area contributed by atoms with E-state index >= 15 is 0 Å². The van der Waals surface area contributed by atoms with Crippen LogP contribution in [0.25, 0.3) is 0 Å². The van der Waals surface area contributed by atoms with E-state index in [-0.39, 0.29) is 5.91 Å². The van der Waals surface area contributed by atoms with Crippen molar-refractivity contribution in [3.05, 3.63) is 33.4 Å². The number of amides is 1. The van der Waals surface area contributed by atoms with Crippen LogP contribution in [0.15, 0.2) is 24.3 Å². The Bertz CT molecular complexity index is 438. The van der Waals surface area contributed by atoms with Gasteiger partial charge in [-0.15, -0.1) is 0 Å². The number of halogens is 2. The van der Waals surface area contributed by atoms with Crippen molar-refractivity contribution in [2.45, 2.75) is 25.7 Å². The quantitative estimate of drug-likeness (QED) is 0.556. The van der Waals surface area contributed by atoms with Gasteiger partial charge < -0.3 is 5.32 Å². The van der Waals surface area contributed by atoms with Gasteiger partial charge in [-0.2, -0.15) is 0 Å². The number of hydrogen-bond acceptors (Lipinski definition) is 1. The van der Waals surface area contributed by atoms with E-state index in [0.717, 1.165) is 21.0 Å². The monoisotopic (exact) mass is 435 g/mol. The van der Waals surface area contributed by atoms with Crippen molar-refractivity contribution >= 4 is 44.4 Å². The molecule has 0 radical (unpaired) electrons. The third-order valence-electron chi connectivity index (χ3n) is 3.91. The smallest absolute Gasteiger partial charge is 0.252 e. The van der Waals surface area contributed by atoms with Crippen LogP contribution in [-0.2, 0) is 0 Å². The van der Waals surface area contributed by atoms with Crippen molar-refractivity contribution in [1.82, 2.24) is 5.32 Å². The highest BCUT2D eigenvalue weighted by Gasteiger charge is 2.24. The summed E-state index contributed by atoms with van der Waals surface area (Å²) < 4.78 is 1.01. The summed E-state index contributed by atoms with van der Waals surface area (Å²) in [6.45, 7) is 0.806. The molecule has 2 rings (SSSR count). The molecule has 2 atom stereocenters. The molecule has 0 aromatic heterocycles. The zero-order chi connectivity index (χ0) is 13.7. The Morgan fingerprint density at radius 2 is 1.95 bits per heavy atom. The van der Waals surface area contributed by atoms with Crippen molar-refractivity contribution in [2.24, 2.45) is 11.8 Å². The Balaban J connectivity index is 1.91. The van der Waals surface area contributed by atoms with Gasteiger partial charge in [0.15, 0.2) is 0 Å². The molecule has 1 aliphatic carbocycles. The van der Waals surface area contributed by atoms with Crippen LogP contribution in [-0.4, -0.2) is 17.8 Å². The lowest BCUT2D eigenvalue weighted by molar-refractivity contribution is 0.0936. The number of nitrogens with one attached hydrogen (secondary N) is 1. The van der Waals surface area contributed by atoms with Crippen LogP contribution >= 0.6 is 38.5 Å². The summed E-state index contributed by atoms with van der Waals surface area (Å²) in [4.78, 5) is 12.2. The molecule has 0 spiro atoms. The minimum Gasteiger partial charge on any atom is -0.352 e. The molecule has 1 saturated carbocycles. The number of rotatable bonds is 4. The highest BCUT2D eigenvalue weighted by atomic mass is 127. The van der Waals surface area contributed by atoms with Crippen molar-refractivity contribution in [3.8, 4) is 0 Å². The molecule has 2 nitrogen and oxygen atoms in total. The summed E-state index contributed by atoms with van der Waals surface area (Å²) >= 11 is 5.81. The van der Waals surface area contributed by atoms with Crippen LogP contribution in [0.2, 0.25) is 0 Å². The first-order chi connectivity index (χ1) is 9.22. The van der Waals surface area contributed by atoms with Crippen molar-refractivity contribution < 1.29 is 4.79 Å². The van der Waals surface area contributed by atoms with Gasteiger partial charge in [0.2, 0.25) is 0 Å². The summed E-state index contributed by atoms with van der Waals surface area (Å²) in [6, 6.07) is 7.73. The summed E-state index contributed by atoms with van der Waals surface area (Å²) in [6.07, 6.45) is 5.15. The van der Waals surface area contributed by atoms with Gasteiger partial charge in [0.25, 0.3) is 5.91 Å². The van der Waals surface area contributed by atoms with Gasteiger partial charge in [0, 0.05) is 15.4 Å². The lowest BCUT2D eigenvalue weighted by Gasteiger charge is -2.30. The fourth-order valence-electron chi connectivity index (χ4n) is 2.72. The lowest BCUT2D eigenvalue weighted by atomic mass is 9.80. The van der Waals surface area contributed by atoms with Gasteiger partial charge in [0.05, 0.1) is 5.56 Å². The number of hydrogen-bond donors (Lipinski definition) is 1. The van der Waals surface area contributed by atoms with E-state index in [0.29, 0.717) is 11.8 Å². The number of benzene rings is 1. The molecule has 0 aliphatic heterocycles. The maximum Gasteiger partial charge on any atom is 0.252 e. The number of carbonyl (C=O) groups is 1. The van der Waals surface area contributed by atoms with Gasteiger partial charge in [-0.3, -0.25) is 4.79 Å². The number of alkyl halides is 1. The second-order valence-corrected chi connectivity index (χ2v) is 6.96. The SMILES string of the molecule is O=C(NCC1CCCCC1CBr)c1ccccc1I. The van der Waals surface area contributed by atoms with Crippen LogP contribution in [0.1, 0.15) is 36.0 Å². The van der Waals surface area contributed by atoms with Crippen molar-refractivity contribution in [1.29, 1.82) is 0 Å². The lowest BCUT2D eigenvalue weighted by Crippen LogP contribution is -2.35. The largest absolute Gasteiger partial charge is 0.352 e. The van der Waals surface area contributed by atoms with Crippen LogP contribution in [0.5, 0.6) is 0 Å². The highest BCUT2D eigenvalue weighted by Crippen LogP contribution is 2.30. The second kappa shape index (κ2) is 7.62. The molecule has 104 valence electrons. The predicted molar refractivity (Wildman–Crippen MR) is 90.7 cm³/mol. The van der Waals surface area contributed by atoms with Crippen LogP contribution in [0, 0.1) is 15.4 Å². The van der Waals surface area contributed by atoms with Crippen molar-refractivity contribution in [2.75, 3.05) is 11.9 Å². The molecule has 1 N–H and O–H groups in total. The fraction of sp³-hybridized carbons (Fsp3) is 0.533. The molecule has 0 saturated heterocycles. The summed E-state index contributed by atoms with van der Waals surface area (Å²) in [5.74, 6) is 1.39. The van der Waals surface area contributed by atoms with E-state index in [2.05, 4.69) is 43.8 Å². The molecule has 0 bridgehead atoms. The van der Waals surface area contributed by atoms with E-state index in [4.69, 9.17) is 0 Å². The average Bonchev–Trinajstić information content (AvgIpc) is 2.45. The minimum atomic E-state index is 0.0592. The van der Waals surface area contributed by atoms with E-state index in [1.165, 1.54) is 25.7 Å². The van der Waals surface area contributed by atoms with E-state index in [9.17, 15) is 4.79 Å². The standard InChI is InChI=1S/C15H19BrINO/c16-9-11-5-1-2-6-12(11)10-18-15(19)13-7-3-4-8-14(13)17/h3-4,7-8,11-12H,1-2,5-6,9-10H2,(H,18,19). The topological polar surface area (TPSA) is 29.1 Å². The summed E-state index contributed by atoms with van der Waals surface area (Å²) in [5, 5.41) is 4.16. The Hall–Kier alpha value is -0.100. The zero-order valence-electron chi connectivity index (χ0n) is 10.9. The Morgan fingerprint density at radius 1 is 1.26 bits per heavy atom. The van der Waals surface area contributed by atoms with E-state index in [1.54, 1.807) is 0 Å². The predicted octanol–water partition coefficient (Wildman–Crippen LogP) is 4.22. The van der Waals surface area contributed by atoms with Gasteiger partial charge in [0.1, 0.15) is 0 Å². The van der Waals surface area contributed by atoms with Gasteiger partial charge in [-0.25, -0.2) is 0 Å². The summed E-state index contributed by atoms with van der Waals surface area (Å²) in [5.41, 5.74) is 0.786. The van der Waals surface area contributed by atoms with Crippen LogP contribution in [0.3, 0.4) is 0 Å². The molecule has 2 unspecified atom stereocenters. The molecule has 0 heterocycles. The number of carbonyl (C=O) groups excluding carboxylic acids is 1. The second-order valence-electron chi connectivity index (χ2n) is 5.15.